The average molecular weight is 277 g/mol. The zero-order valence-corrected chi connectivity index (χ0v) is 10.7. The Hall–Kier alpha value is -1.92. The fourth-order valence-electron chi connectivity index (χ4n) is 2.31. The van der Waals surface area contributed by atoms with Crippen LogP contribution in [0.4, 0.5) is 5.69 Å². The lowest BCUT2D eigenvalue weighted by Gasteiger charge is -2.11. The van der Waals surface area contributed by atoms with Gasteiger partial charge in [-0.3, -0.25) is 9.59 Å². The van der Waals surface area contributed by atoms with E-state index >= 15 is 0 Å². The molecule has 1 amide bonds. The summed E-state index contributed by atoms with van der Waals surface area (Å²) in [5.41, 5.74) is 1.47. The molecule has 1 aliphatic carbocycles. The van der Waals surface area contributed by atoms with Gasteiger partial charge in [0.1, 0.15) is 0 Å². The molecule has 1 saturated heterocycles. The summed E-state index contributed by atoms with van der Waals surface area (Å²) < 4.78 is 10.8. The van der Waals surface area contributed by atoms with Crippen molar-refractivity contribution in [2.45, 2.75) is 12.7 Å². The van der Waals surface area contributed by atoms with Gasteiger partial charge in [0, 0.05) is 11.3 Å². The van der Waals surface area contributed by atoms with Gasteiger partial charge in [-0.2, -0.15) is 0 Å². The Morgan fingerprint density at radius 2 is 1.95 bits per heavy atom. The van der Waals surface area contributed by atoms with Crippen LogP contribution in [0.15, 0.2) is 24.3 Å². The highest BCUT2D eigenvalue weighted by atomic mass is 16.7. The normalized spacial score (nSPS) is 25.4. The fraction of sp³-hybridized carbons (Fsp3) is 0.429. The SMILES string of the molecule is O=C(O)[C@H]1C[C@H]1C(=O)Nc1cccc(C2OCCO2)c1. The van der Waals surface area contributed by atoms with Crippen LogP contribution in [0.2, 0.25) is 0 Å². The van der Waals surface area contributed by atoms with E-state index < -0.39 is 17.8 Å². The van der Waals surface area contributed by atoms with Crippen LogP contribution in [0, 0.1) is 11.8 Å². The molecule has 2 aliphatic rings. The maximum absolute atomic E-state index is 11.9. The summed E-state index contributed by atoms with van der Waals surface area (Å²) in [5.74, 6) is -2.12. The molecule has 1 saturated carbocycles. The Bertz CT molecular complexity index is 538. The maximum Gasteiger partial charge on any atom is 0.307 e. The Balaban J connectivity index is 1.64. The molecule has 6 heteroatoms. The predicted molar refractivity (Wildman–Crippen MR) is 68.9 cm³/mol. The van der Waals surface area contributed by atoms with Crippen LogP contribution in [0.5, 0.6) is 0 Å². The van der Waals surface area contributed by atoms with E-state index in [1.165, 1.54) is 0 Å². The first-order valence-corrected chi connectivity index (χ1v) is 6.52. The number of aliphatic carboxylic acids is 1. The van der Waals surface area contributed by atoms with Crippen molar-refractivity contribution in [3.63, 3.8) is 0 Å². The number of amides is 1. The van der Waals surface area contributed by atoms with Crippen LogP contribution in [-0.2, 0) is 19.1 Å². The molecule has 1 aromatic rings. The number of carbonyl (C=O) groups is 2. The number of carboxylic acids is 1. The molecule has 0 aromatic heterocycles. The molecule has 0 unspecified atom stereocenters. The monoisotopic (exact) mass is 277 g/mol. The van der Waals surface area contributed by atoms with Gasteiger partial charge in [0.25, 0.3) is 0 Å². The molecule has 2 fully saturated rings. The van der Waals surface area contributed by atoms with Crippen molar-refractivity contribution in [2.75, 3.05) is 18.5 Å². The van der Waals surface area contributed by atoms with E-state index in [0.717, 1.165) is 5.56 Å². The van der Waals surface area contributed by atoms with Crippen molar-refractivity contribution >= 4 is 17.6 Å². The number of nitrogens with one attached hydrogen (secondary N) is 1. The number of ether oxygens (including phenoxy) is 2. The summed E-state index contributed by atoms with van der Waals surface area (Å²) in [5, 5.41) is 11.6. The second-order valence-corrected chi connectivity index (χ2v) is 4.98. The molecule has 3 rings (SSSR count). The number of rotatable bonds is 4. The molecular formula is C14H15NO5. The van der Waals surface area contributed by atoms with E-state index in [0.29, 0.717) is 25.3 Å². The lowest BCUT2D eigenvalue weighted by molar-refractivity contribution is -0.139. The minimum absolute atomic E-state index is 0.247. The van der Waals surface area contributed by atoms with Gasteiger partial charge in [0.05, 0.1) is 25.0 Å². The molecule has 0 radical (unpaired) electrons. The van der Waals surface area contributed by atoms with Crippen LogP contribution >= 0.6 is 0 Å². The van der Waals surface area contributed by atoms with Crippen LogP contribution in [-0.4, -0.2) is 30.2 Å². The summed E-state index contributed by atoms with van der Waals surface area (Å²) in [6.45, 7) is 1.12. The van der Waals surface area contributed by atoms with Gasteiger partial charge in [-0.05, 0) is 18.6 Å². The highest BCUT2D eigenvalue weighted by molar-refractivity contribution is 5.98. The molecule has 0 bridgehead atoms. The molecule has 106 valence electrons. The molecule has 0 spiro atoms. The van der Waals surface area contributed by atoms with E-state index in [2.05, 4.69) is 5.32 Å². The number of benzene rings is 1. The number of carboxylic acid groups (broad SMARTS) is 1. The van der Waals surface area contributed by atoms with Crippen molar-refractivity contribution < 1.29 is 24.2 Å². The molecule has 1 aliphatic heterocycles. The zero-order chi connectivity index (χ0) is 14.1. The van der Waals surface area contributed by atoms with E-state index in [1.54, 1.807) is 18.2 Å². The second kappa shape index (κ2) is 5.22. The van der Waals surface area contributed by atoms with Crippen LogP contribution < -0.4 is 5.32 Å². The van der Waals surface area contributed by atoms with Crippen LogP contribution in [0.1, 0.15) is 18.3 Å². The standard InChI is InChI=1S/C14H15NO5/c16-12(10-7-11(10)13(17)18)15-9-3-1-2-8(6-9)14-19-4-5-20-14/h1-3,6,10-11,14H,4-5,7H2,(H,15,16)(H,17,18)/t10-,11+/m1/s1. The highest BCUT2D eigenvalue weighted by Gasteiger charge is 2.48. The summed E-state index contributed by atoms with van der Waals surface area (Å²) in [7, 11) is 0. The molecule has 2 atom stereocenters. The highest BCUT2D eigenvalue weighted by Crippen LogP contribution is 2.39. The van der Waals surface area contributed by atoms with E-state index in [-0.39, 0.29) is 12.2 Å². The minimum atomic E-state index is -0.911. The Morgan fingerprint density at radius 3 is 2.60 bits per heavy atom. The predicted octanol–water partition coefficient (Wildman–Crippen LogP) is 1.39. The smallest absolute Gasteiger partial charge is 0.307 e. The van der Waals surface area contributed by atoms with Crippen LogP contribution in [0.3, 0.4) is 0 Å². The van der Waals surface area contributed by atoms with Crippen LogP contribution in [0.25, 0.3) is 0 Å². The minimum Gasteiger partial charge on any atom is -0.481 e. The van der Waals surface area contributed by atoms with Crippen molar-refractivity contribution in [3.8, 4) is 0 Å². The lowest BCUT2D eigenvalue weighted by Crippen LogP contribution is -2.17. The van der Waals surface area contributed by atoms with E-state index in [9.17, 15) is 9.59 Å². The lowest BCUT2D eigenvalue weighted by atomic mass is 10.2. The Labute approximate surface area is 115 Å². The summed E-state index contributed by atoms with van der Waals surface area (Å²) >= 11 is 0. The molecule has 1 aromatic carbocycles. The van der Waals surface area contributed by atoms with Crippen molar-refractivity contribution in [2.24, 2.45) is 11.8 Å². The maximum atomic E-state index is 11.9. The molecule has 1 heterocycles. The number of hydrogen-bond donors (Lipinski definition) is 2. The topological polar surface area (TPSA) is 84.9 Å². The molecule has 6 nitrogen and oxygen atoms in total. The third kappa shape index (κ3) is 2.66. The van der Waals surface area contributed by atoms with Crippen molar-refractivity contribution in [1.82, 2.24) is 0 Å². The molecular weight excluding hydrogens is 262 g/mol. The van der Waals surface area contributed by atoms with Gasteiger partial charge in [-0.15, -0.1) is 0 Å². The average Bonchev–Trinajstić information content (AvgIpc) is 3.06. The number of anilines is 1. The number of carbonyl (C=O) groups excluding carboxylic acids is 1. The zero-order valence-electron chi connectivity index (χ0n) is 10.7. The molecule has 2 N–H and O–H groups in total. The van der Waals surface area contributed by atoms with Gasteiger partial charge in [0.2, 0.25) is 5.91 Å². The van der Waals surface area contributed by atoms with Crippen molar-refractivity contribution in [1.29, 1.82) is 0 Å². The summed E-state index contributed by atoms with van der Waals surface area (Å²) in [4.78, 5) is 22.6. The van der Waals surface area contributed by atoms with Crippen molar-refractivity contribution in [3.05, 3.63) is 29.8 Å². The Kier molecular flexibility index (Phi) is 3.42. The quantitative estimate of drug-likeness (QED) is 0.868. The Morgan fingerprint density at radius 1 is 1.20 bits per heavy atom. The second-order valence-electron chi connectivity index (χ2n) is 4.98. The first-order chi connectivity index (χ1) is 9.65. The number of hydrogen-bond acceptors (Lipinski definition) is 4. The summed E-state index contributed by atoms with van der Waals surface area (Å²) in [6, 6.07) is 7.21. The van der Waals surface area contributed by atoms with Gasteiger partial charge in [0.15, 0.2) is 6.29 Å². The fourth-order valence-corrected chi connectivity index (χ4v) is 2.31. The third-order valence-corrected chi connectivity index (χ3v) is 3.49. The van der Waals surface area contributed by atoms with E-state index in [1.807, 2.05) is 6.07 Å². The van der Waals surface area contributed by atoms with Gasteiger partial charge in [-0.1, -0.05) is 12.1 Å². The molecule has 20 heavy (non-hydrogen) atoms. The summed E-state index contributed by atoms with van der Waals surface area (Å²) in [6.07, 6.45) is 0.0231. The van der Waals surface area contributed by atoms with Gasteiger partial charge < -0.3 is 19.9 Å². The van der Waals surface area contributed by atoms with Gasteiger partial charge >= 0.3 is 5.97 Å². The third-order valence-electron chi connectivity index (χ3n) is 3.49. The van der Waals surface area contributed by atoms with E-state index in [4.69, 9.17) is 14.6 Å². The first-order valence-electron chi connectivity index (χ1n) is 6.52. The largest absolute Gasteiger partial charge is 0.481 e. The first kappa shape index (κ1) is 13.1. The van der Waals surface area contributed by atoms with Gasteiger partial charge in [-0.25, -0.2) is 0 Å².